The van der Waals surface area contributed by atoms with Gasteiger partial charge in [0.1, 0.15) is 6.33 Å². The Bertz CT molecular complexity index is 1150. The predicted molar refractivity (Wildman–Crippen MR) is 113 cm³/mol. The minimum absolute atomic E-state index is 0.00202. The van der Waals surface area contributed by atoms with Gasteiger partial charge in [-0.15, -0.1) is 10.2 Å². The molecule has 2 aromatic heterocycles. The lowest BCUT2D eigenvalue weighted by Crippen LogP contribution is -2.14. The Hall–Kier alpha value is -2.39. The molecule has 3 aromatic rings. The SMILES string of the molecule is Cc1cc(C(=O)CSc2nncn2-c2ccccc2)c(C)n1C1CCS(=O)(=O)C1. The molecule has 1 saturated heterocycles. The first-order valence-electron chi connectivity index (χ1n) is 9.36. The lowest BCUT2D eigenvalue weighted by Gasteiger charge is -2.16. The monoisotopic (exact) mass is 430 g/mol. The van der Waals surface area contributed by atoms with E-state index in [2.05, 4.69) is 10.2 Å². The molecule has 0 bridgehead atoms. The zero-order valence-corrected chi connectivity index (χ0v) is 17.9. The van der Waals surface area contributed by atoms with Crippen LogP contribution in [-0.2, 0) is 9.84 Å². The van der Waals surface area contributed by atoms with Gasteiger partial charge in [-0.1, -0.05) is 30.0 Å². The Morgan fingerprint density at radius 2 is 2.00 bits per heavy atom. The molecule has 1 fully saturated rings. The quantitative estimate of drug-likeness (QED) is 0.441. The summed E-state index contributed by atoms with van der Waals surface area (Å²) >= 11 is 1.34. The average Bonchev–Trinajstić information content (AvgIpc) is 3.38. The number of carbonyl (C=O) groups is 1. The molecule has 1 aromatic carbocycles. The molecule has 1 aliphatic rings. The Kier molecular flexibility index (Phi) is 5.35. The number of aryl methyl sites for hydroxylation is 1. The van der Waals surface area contributed by atoms with Crippen molar-refractivity contribution < 1.29 is 13.2 Å². The third-order valence-corrected chi connectivity index (χ3v) is 7.93. The number of carbonyl (C=O) groups excluding carboxylic acids is 1. The first kappa shape index (κ1) is 19.9. The summed E-state index contributed by atoms with van der Waals surface area (Å²) in [7, 11) is -2.99. The van der Waals surface area contributed by atoms with E-state index in [9.17, 15) is 13.2 Å². The first-order valence-corrected chi connectivity index (χ1v) is 12.2. The number of benzene rings is 1. The molecule has 0 radical (unpaired) electrons. The van der Waals surface area contributed by atoms with Crippen molar-refractivity contribution in [3.63, 3.8) is 0 Å². The van der Waals surface area contributed by atoms with Crippen LogP contribution >= 0.6 is 11.8 Å². The fourth-order valence-electron chi connectivity index (χ4n) is 3.90. The molecule has 1 unspecified atom stereocenters. The highest BCUT2D eigenvalue weighted by atomic mass is 32.2. The van der Waals surface area contributed by atoms with Gasteiger partial charge in [-0.2, -0.15) is 0 Å². The number of Topliss-reactive ketones (excluding diaryl/α,β-unsaturated/α-hetero) is 1. The Morgan fingerprint density at radius 1 is 1.24 bits per heavy atom. The van der Waals surface area contributed by atoms with E-state index in [0.717, 1.165) is 17.1 Å². The van der Waals surface area contributed by atoms with Crippen LogP contribution in [0.4, 0.5) is 0 Å². The summed E-state index contributed by atoms with van der Waals surface area (Å²) in [4.78, 5) is 12.9. The van der Waals surface area contributed by atoms with E-state index in [4.69, 9.17) is 0 Å². The molecule has 0 spiro atoms. The normalized spacial score (nSPS) is 18.2. The summed E-state index contributed by atoms with van der Waals surface area (Å²) in [5.74, 6) is 0.589. The van der Waals surface area contributed by atoms with Crippen molar-refractivity contribution in [2.45, 2.75) is 31.5 Å². The van der Waals surface area contributed by atoms with Crippen molar-refractivity contribution in [1.82, 2.24) is 19.3 Å². The van der Waals surface area contributed by atoms with E-state index in [-0.39, 0.29) is 29.1 Å². The topological polar surface area (TPSA) is 86.8 Å². The minimum atomic E-state index is -2.99. The third-order valence-electron chi connectivity index (χ3n) is 5.24. The summed E-state index contributed by atoms with van der Waals surface area (Å²) in [5, 5.41) is 8.76. The molecule has 0 N–H and O–H groups in total. The van der Waals surface area contributed by atoms with E-state index in [1.54, 1.807) is 6.33 Å². The van der Waals surface area contributed by atoms with E-state index < -0.39 is 9.84 Å². The molecule has 3 heterocycles. The van der Waals surface area contributed by atoms with Crippen LogP contribution in [0.25, 0.3) is 5.69 Å². The Balaban J connectivity index is 1.51. The standard InChI is InChI=1S/C20H22N4O3S2/c1-14-10-18(15(2)24(14)17-8-9-29(26,27)12-17)19(25)11-28-20-22-21-13-23(20)16-6-4-3-5-7-16/h3-7,10,13,17H,8-9,11-12H2,1-2H3. The number of rotatable bonds is 6. The summed E-state index contributed by atoms with van der Waals surface area (Å²) < 4.78 is 27.6. The summed E-state index contributed by atoms with van der Waals surface area (Å²) in [6.07, 6.45) is 2.23. The van der Waals surface area contributed by atoms with Crippen LogP contribution in [0.2, 0.25) is 0 Å². The number of para-hydroxylation sites is 1. The molecule has 9 heteroatoms. The van der Waals surface area contributed by atoms with Crippen LogP contribution in [-0.4, -0.2) is 50.8 Å². The molecule has 152 valence electrons. The lowest BCUT2D eigenvalue weighted by atomic mass is 10.2. The van der Waals surface area contributed by atoms with Gasteiger partial charge in [-0.05, 0) is 38.5 Å². The number of nitrogens with zero attached hydrogens (tertiary/aromatic N) is 4. The molecular formula is C20H22N4O3S2. The number of hydrogen-bond acceptors (Lipinski definition) is 6. The maximum atomic E-state index is 12.9. The van der Waals surface area contributed by atoms with Gasteiger partial charge >= 0.3 is 0 Å². The van der Waals surface area contributed by atoms with Gasteiger partial charge in [0, 0.05) is 28.7 Å². The van der Waals surface area contributed by atoms with Crippen LogP contribution in [0.1, 0.15) is 34.2 Å². The van der Waals surface area contributed by atoms with Crippen LogP contribution < -0.4 is 0 Å². The second-order valence-electron chi connectivity index (χ2n) is 7.24. The lowest BCUT2D eigenvalue weighted by molar-refractivity contribution is 0.102. The van der Waals surface area contributed by atoms with Crippen LogP contribution in [0.5, 0.6) is 0 Å². The van der Waals surface area contributed by atoms with Crippen LogP contribution in [0.3, 0.4) is 0 Å². The van der Waals surface area contributed by atoms with Gasteiger partial charge in [0.25, 0.3) is 0 Å². The third kappa shape index (κ3) is 4.02. The predicted octanol–water partition coefficient (Wildman–Crippen LogP) is 3.02. The first-order chi connectivity index (χ1) is 13.9. The van der Waals surface area contributed by atoms with Gasteiger partial charge in [0.15, 0.2) is 20.8 Å². The zero-order chi connectivity index (χ0) is 20.6. The number of hydrogen-bond donors (Lipinski definition) is 0. The van der Waals surface area contributed by atoms with Gasteiger partial charge in [-0.3, -0.25) is 9.36 Å². The molecule has 1 aliphatic heterocycles. The van der Waals surface area contributed by atoms with Crippen molar-refractivity contribution >= 4 is 27.4 Å². The van der Waals surface area contributed by atoms with Gasteiger partial charge in [-0.25, -0.2) is 8.42 Å². The fourth-order valence-corrected chi connectivity index (χ4v) is 6.41. The fraction of sp³-hybridized carbons (Fsp3) is 0.350. The second kappa shape index (κ2) is 7.79. The smallest absolute Gasteiger partial charge is 0.196 e. The van der Waals surface area contributed by atoms with Gasteiger partial charge < -0.3 is 4.57 Å². The Morgan fingerprint density at radius 3 is 2.69 bits per heavy atom. The highest BCUT2D eigenvalue weighted by molar-refractivity contribution is 7.99. The van der Waals surface area contributed by atoms with Crippen molar-refractivity contribution in [1.29, 1.82) is 0 Å². The largest absolute Gasteiger partial charge is 0.344 e. The number of ketones is 1. The molecule has 4 rings (SSSR count). The van der Waals surface area contributed by atoms with Crippen molar-refractivity contribution in [3.8, 4) is 5.69 Å². The zero-order valence-electron chi connectivity index (χ0n) is 16.3. The van der Waals surface area contributed by atoms with E-state index in [1.165, 1.54) is 11.8 Å². The van der Waals surface area contributed by atoms with Crippen LogP contribution in [0.15, 0.2) is 47.9 Å². The maximum Gasteiger partial charge on any atom is 0.196 e. The second-order valence-corrected chi connectivity index (χ2v) is 10.4. The maximum absolute atomic E-state index is 12.9. The minimum Gasteiger partial charge on any atom is -0.344 e. The van der Waals surface area contributed by atoms with E-state index >= 15 is 0 Å². The summed E-state index contributed by atoms with van der Waals surface area (Å²) in [5.41, 5.74) is 3.34. The number of sulfone groups is 1. The average molecular weight is 431 g/mol. The van der Waals surface area contributed by atoms with Crippen molar-refractivity contribution in [2.75, 3.05) is 17.3 Å². The summed E-state index contributed by atoms with van der Waals surface area (Å²) in [6.45, 7) is 3.82. The van der Waals surface area contributed by atoms with E-state index in [1.807, 2.05) is 59.4 Å². The van der Waals surface area contributed by atoms with Gasteiger partial charge in [0.2, 0.25) is 0 Å². The molecule has 0 amide bonds. The molecule has 7 nitrogen and oxygen atoms in total. The van der Waals surface area contributed by atoms with Crippen molar-refractivity contribution in [3.05, 3.63) is 59.7 Å². The van der Waals surface area contributed by atoms with Crippen LogP contribution in [0, 0.1) is 13.8 Å². The molecule has 29 heavy (non-hydrogen) atoms. The molecule has 1 atom stereocenters. The highest BCUT2D eigenvalue weighted by Crippen LogP contribution is 2.30. The molecule has 0 saturated carbocycles. The molecule has 0 aliphatic carbocycles. The number of aromatic nitrogens is 4. The molecular weight excluding hydrogens is 408 g/mol. The van der Waals surface area contributed by atoms with Gasteiger partial charge in [0.05, 0.1) is 17.3 Å². The van der Waals surface area contributed by atoms with E-state index in [0.29, 0.717) is 17.1 Å². The van der Waals surface area contributed by atoms with Crippen molar-refractivity contribution in [2.24, 2.45) is 0 Å². The number of thioether (sulfide) groups is 1. The highest BCUT2D eigenvalue weighted by Gasteiger charge is 2.31. The Labute approximate surface area is 174 Å². The summed E-state index contributed by atoms with van der Waals surface area (Å²) in [6, 6.07) is 11.5.